The van der Waals surface area contributed by atoms with Crippen molar-refractivity contribution in [3.05, 3.63) is 90.0 Å². The molecule has 0 atom stereocenters. The van der Waals surface area contributed by atoms with Gasteiger partial charge in [-0.3, -0.25) is 14.5 Å². The summed E-state index contributed by atoms with van der Waals surface area (Å²) in [5.41, 5.74) is 1.95. The van der Waals surface area contributed by atoms with Crippen LogP contribution in [-0.2, 0) is 4.79 Å². The second kappa shape index (κ2) is 11.8. The molecule has 1 amide bonds. The lowest BCUT2D eigenvalue weighted by Crippen LogP contribution is -2.53. The predicted molar refractivity (Wildman–Crippen MR) is 161 cm³/mol. The molecular formula is C33H32N2O5S. The molecule has 8 heteroatoms. The number of amides is 1. The number of phenols is 2. The highest BCUT2D eigenvalue weighted by Gasteiger charge is 2.28. The van der Waals surface area contributed by atoms with Gasteiger partial charge in [-0.1, -0.05) is 6.08 Å². The van der Waals surface area contributed by atoms with Crippen LogP contribution < -0.4 is 4.74 Å². The molecule has 0 unspecified atom stereocenters. The first-order valence-corrected chi connectivity index (χ1v) is 14.8. The zero-order valence-corrected chi connectivity index (χ0v) is 23.5. The molecule has 41 heavy (non-hydrogen) atoms. The SMILES string of the molecule is O=C(c1ccc(OC2CN(C/C=C/C(=O)N3CCCCC3)C2)cc1)c1c(-c2ccc(O)cc2)sc2cc(O)ccc12. The Labute approximate surface area is 242 Å². The van der Waals surface area contributed by atoms with Gasteiger partial charge in [-0.25, -0.2) is 0 Å². The lowest BCUT2D eigenvalue weighted by atomic mass is 9.97. The summed E-state index contributed by atoms with van der Waals surface area (Å²) in [5.74, 6) is 1.01. The highest BCUT2D eigenvalue weighted by Crippen LogP contribution is 2.41. The third-order valence-electron chi connectivity index (χ3n) is 7.66. The monoisotopic (exact) mass is 568 g/mol. The number of rotatable bonds is 8. The maximum atomic E-state index is 13.8. The van der Waals surface area contributed by atoms with Crippen LogP contribution in [0.1, 0.15) is 35.2 Å². The van der Waals surface area contributed by atoms with Gasteiger partial charge in [0.1, 0.15) is 23.4 Å². The fraction of sp³-hybridized carbons (Fsp3) is 0.273. The minimum Gasteiger partial charge on any atom is -0.508 e. The lowest BCUT2D eigenvalue weighted by molar-refractivity contribution is -0.126. The van der Waals surface area contributed by atoms with Crippen molar-refractivity contribution in [2.75, 3.05) is 32.7 Å². The van der Waals surface area contributed by atoms with Gasteiger partial charge in [-0.05, 0) is 91.6 Å². The average molecular weight is 569 g/mol. The van der Waals surface area contributed by atoms with Crippen molar-refractivity contribution >= 4 is 33.1 Å². The molecule has 2 N–H and O–H groups in total. The third-order valence-corrected chi connectivity index (χ3v) is 8.87. The van der Waals surface area contributed by atoms with Gasteiger partial charge in [-0.15, -0.1) is 11.3 Å². The van der Waals surface area contributed by atoms with E-state index in [1.807, 2.05) is 23.1 Å². The summed E-state index contributed by atoms with van der Waals surface area (Å²) in [4.78, 5) is 31.0. The maximum Gasteiger partial charge on any atom is 0.246 e. The minimum absolute atomic E-state index is 0.0670. The number of carbonyl (C=O) groups excluding carboxylic acids is 2. The highest BCUT2D eigenvalue weighted by atomic mass is 32.1. The van der Waals surface area contributed by atoms with Crippen LogP contribution in [0.15, 0.2) is 78.9 Å². The number of ketones is 1. The molecule has 2 fully saturated rings. The molecule has 3 aromatic carbocycles. The normalized spacial score (nSPS) is 16.2. The quantitative estimate of drug-likeness (QED) is 0.205. The number of fused-ring (bicyclic) bond motifs is 1. The maximum absolute atomic E-state index is 13.8. The van der Waals surface area contributed by atoms with Crippen LogP contribution in [0.2, 0.25) is 0 Å². The van der Waals surface area contributed by atoms with Crippen LogP contribution in [0.25, 0.3) is 20.5 Å². The summed E-state index contributed by atoms with van der Waals surface area (Å²) in [5, 5.41) is 20.5. The van der Waals surface area contributed by atoms with E-state index in [4.69, 9.17) is 4.74 Å². The Morgan fingerprint density at radius 2 is 1.61 bits per heavy atom. The van der Waals surface area contributed by atoms with Crippen molar-refractivity contribution in [3.8, 4) is 27.7 Å². The summed E-state index contributed by atoms with van der Waals surface area (Å²) in [7, 11) is 0. The molecule has 2 saturated heterocycles. The highest BCUT2D eigenvalue weighted by molar-refractivity contribution is 7.22. The number of benzene rings is 3. The van der Waals surface area contributed by atoms with Crippen LogP contribution in [0.3, 0.4) is 0 Å². The summed E-state index contributed by atoms with van der Waals surface area (Å²) < 4.78 is 6.93. The fourth-order valence-electron chi connectivity index (χ4n) is 5.42. The van der Waals surface area contributed by atoms with E-state index in [0.717, 1.165) is 66.1 Å². The number of carbonyl (C=O) groups is 2. The molecule has 1 aromatic heterocycles. The Morgan fingerprint density at radius 1 is 0.902 bits per heavy atom. The molecule has 3 heterocycles. The number of thiophene rings is 1. The van der Waals surface area contributed by atoms with Crippen LogP contribution in [-0.4, -0.2) is 70.5 Å². The Balaban J connectivity index is 1.09. The van der Waals surface area contributed by atoms with E-state index in [9.17, 15) is 19.8 Å². The van der Waals surface area contributed by atoms with Crippen molar-refractivity contribution in [1.29, 1.82) is 0 Å². The second-order valence-electron chi connectivity index (χ2n) is 10.6. The number of hydrogen-bond acceptors (Lipinski definition) is 7. The Morgan fingerprint density at radius 3 is 2.34 bits per heavy atom. The van der Waals surface area contributed by atoms with Gasteiger partial charge in [0.15, 0.2) is 5.78 Å². The van der Waals surface area contributed by atoms with E-state index >= 15 is 0 Å². The lowest BCUT2D eigenvalue weighted by Gasteiger charge is -2.38. The van der Waals surface area contributed by atoms with Gasteiger partial charge in [0.2, 0.25) is 5.91 Å². The van der Waals surface area contributed by atoms with Crippen molar-refractivity contribution in [3.63, 3.8) is 0 Å². The van der Waals surface area contributed by atoms with E-state index < -0.39 is 0 Å². The molecule has 0 saturated carbocycles. The van der Waals surface area contributed by atoms with Crippen molar-refractivity contribution in [2.24, 2.45) is 0 Å². The number of ether oxygens (including phenoxy) is 1. The first-order chi connectivity index (χ1) is 19.9. The van der Waals surface area contributed by atoms with Crippen LogP contribution >= 0.6 is 11.3 Å². The Bertz CT molecular complexity index is 1580. The van der Waals surface area contributed by atoms with E-state index in [1.165, 1.54) is 17.8 Å². The standard InChI is InChI=1S/C33H32N2O5S/c36-24-10-6-23(7-11-24)33-31(28-15-12-25(37)19-29(28)41-33)32(39)22-8-13-26(14-9-22)40-27-20-34(21-27)16-4-5-30(38)35-17-2-1-3-18-35/h4-15,19,27,36-37H,1-3,16-18,20-21H2/b5-4+. The number of hydrogen-bond donors (Lipinski definition) is 2. The van der Waals surface area contributed by atoms with Gasteiger partial charge in [0.25, 0.3) is 0 Å². The number of phenolic OH excluding ortho intramolecular Hbond substituents is 2. The summed E-state index contributed by atoms with van der Waals surface area (Å²) in [6.45, 7) is 4.02. The van der Waals surface area contributed by atoms with Gasteiger partial charge < -0.3 is 19.8 Å². The molecule has 0 spiro atoms. The van der Waals surface area contributed by atoms with E-state index in [2.05, 4.69) is 4.90 Å². The summed E-state index contributed by atoms with van der Waals surface area (Å²) in [6.07, 6.45) is 7.10. The van der Waals surface area contributed by atoms with Crippen molar-refractivity contribution < 1.29 is 24.5 Å². The molecular weight excluding hydrogens is 536 g/mol. The van der Waals surface area contributed by atoms with Crippen LogP contribution in [0.4, 0.5) is 0 Å². The average Bonchev–Trinajstić information content (AvgIpc) is 3.35. The zero-order chi connectivity index (χ0) is 28.3. The summed E-state index contributed by atoms with van der Waals surface area (Å²) in [6, 6.07) is 19.0. The molecule has 4 aromatic rings. The van der Waals surface area contributed by atoms with Crippen LogP contribution in [0.5, 0.6) is 17.2 Å². The molecule has 6 rings (SSSR count). The smallest absolute Gasteiger partial charge is 0.246 e. The third kappa shape index (κ3) is 5.99. The van der Waals surface area contributed by atoms with Crippen molar-refractivity contribution in [2.45, 2.75) is 25.4 Å². The molecule has 0 aliphatic carbocycles. The molecule has 2 aliphatic heterocycles. The Hall–Kier alpha value is -4.14. The topological polar surface area (TPSA) is 90.3 Å². The number of nitrogens with zero attached hydrogens (tertiary/aromatic N) is 2. The van der Waals surface area contributed by atoms with Gasteiger partial charge in [0, 0.05) is 64.9 Å². The first kappa shape index (κ1) is 27.1. The fourth-order valence-corrected chi connectivity index (χ4v) is 6.66. The molecule has 0 radical (unpaired) electrons. The molecule has 7 nitrogen and oxygen atoms in total. The van der Waals surface area contributed by atoms with E-state index in [1.54, 1.807) is 60.7 Å². The van der Waals surface area contributed by atoms with Crippen molar-refractivity contribution in [1.82, 2.24) is 9.80 Å². The van der Waals surface area contributed by atoms with E-state index in [0.29, 0.717) is 16.9 Å². The van der Waals surface area contributed by atoms with Gasteiger partial charge in [-0.2, -0.15) is 0 Å². The zero-order valence-electron chi connectivity index (χ0n) is 22.7. The molecule has 0 bridgehead atoms. The number of piperidine rings is 1. The minimum atomic E-state index is -0.114. The largest absolute Gasteiger partial charge is 0.508 e. The Kier molecular flexibility index (Phi) is 7.76. The molecule has 210 valence electrons. The van der Waals surface area contributed by atoms with Gasteiger partial charge in [0.05, 0.1) is 0 Å². The second-order valence-corrected chi connectivity index (χ2v) is 11.7. The van der Waals surface area contributed by atoms with Crippen LogP contribution in [0, 0.1) is 0 Å². The predicted octanol–water partition coefficient (Wildman–Crippen LogP) is 5.84. The number of likely N-dealkylation sites (tertiary alicyclic amines) is 2. The van der Waals surface area contributed by atoms with E-state index in [-0.39, 0.29) is 29.3 Å². The number of aromatic hydroxyl groups is 2. The summed E-state index contributed by atoms with van der Waals surface area (Å²) >= 11 is 1.44. The first-order valence-electron chi connectivity index (χ1n) is 14.0. The molecule has 2 aliphatic rings. The van der Waals surface area contributed by atoms with Gasteiger partial charge >= 0.3 is 0 Å².